The average Bonchev–Trinajstić information content (AvgIpc) is 2.00. The molecular formula is C7H14O2S. The largest absolute Gasteiger partial charge is 0.392 e. The van der Waals surface area contributed by atoms with Gasteiger partial charge in [-0.2, -0.15) is 0 Å². The third-order valence-electron chi connectivity index (χ3n) is 1.57. The second kappa shape index (κ2) is 4.74. The van der Waals surface area contributed by atoms with Gasteiger partial charge in [0.25, 0.3) is 0 Å². The molecule has 2 nitrogen and oxygen atoms in total. The first-order valence-corrected chi connectivity index (χ1v) is 4.61. The molecule has 1 N–H and O–H groups in total. The van der Waals surface area contributed by atoms with E-state index >= 15 is 0 Å². The van der Waals surface area contributed by atoms with Gasteiger partial charge in [-0.3, -0.25) is 4.79 Å². The van der Waals surface area contributed by atoms with Gasteiger partial charge in [0, 0.05) is 0 Å². The Hall–Kier alpha value is -0.0200. The van der Waals surface area contributed by atoms with Crippen LogP contribution in [-0.2, 0) is 4.79 Å². The molecule has 0 aliphatic heterocycles. The quantitative estimate of drug-likeness (QED) is 0.679. The van der Waals surface area contributed by atoms with E-state index < -0.39 is 6.10 Å². The van der Waals surface area contributed by atoms with E-state index in [-0.39, 0.29) is 11.0 Å². The zero-order valence-corrected chi connectivity index (χ0v) is 7.44. The standard InChI is InChI=1S/C7H14O2S/c1-4-6(8)5(2)7(9)10-3/h5-6,8H,4H2,1-3H3/t5-,6-/m1/s1. The zero-order valence-electron chi connectivity index (χ0n) is 6.63. The lowest BCUT2D eigenvalue weighted by atomic mass is 10.1. The molecule has 2 atom stereocenters. The highest BCUT2D eigenvalue weighted by Gasteiger charge is 2.18. The molecule has 60 valence electrons. The summed E-state index contributed by atoms with van der Waals surface area (Å²) in [5.41, 5.74) is 0. The molecule has 0 heterocycles. The highest BCUT2D eigenvalue weighted by molar-refractivity contribution is 8.13. The minimum atomic E-state index is -0.472. The van der Waals surface area contributed by atoms with Crippen molar-refractivity contribution < 1.29 is 9.90 Å². The third-order valence-corrected chi connectivity index (χ3v) is 2.34. The molecule has 0 aliphatic rings. The van der Waals surface area contributed by atoms with E-state index in [2.05, 4.69) is 0 Å². The van der Waals surface area contributed by atoms with Gasteiger partial charge in [0.05, 0.1) is 12.0 Å². The van der Waals surface area contributed by atoms with Crippen LogP contribution in [0.1, 0.15) is 20.3 Å². The summed E-state index contributed by atoms with van der Waals surface area (Å²) >= 11 is 1.18. The molecule has 0 saturated carbocycles. The molecule has 0 spiro atoms. The van der Waals surface area contributed by atoms with Crippen LogP contribution in [0.15, 0.2) is 0 Å². The fourth-order valence-corrected chi connectivity index (χ4v) is 1.23. The fraction of sp³-hybridized carbons (Fsp3) is 0.857. The van der Waals surface area contributed by atoms with Crippen LogP contribution in [0.2, 0.25) is 0 Å². The van der Waals surface area contributed by atoms with Crippen molar-refractivity contribution in [3.05, 3.63) is 0 Å². The Bertz CT molecular complexity index is 114. The molecule has 0 unspecified atom stereocenters. The number of rotatable bonds is 3. The summed E-state index contributed by atoms with van der Waals surface area (Å²) in [6, 6.07) is 0. The molecule has 0 aromatic carbocycles. The first-order chi connectivity index (χ1) is 4.63. The molecule has 0 aromatic heterocycles. The Labute approximate surface area is 66.0 Å². The summed E-state index contributed by atoms with van der Waals surface area (Å²) in [5.74, 6) is -0.222. The van der Waals surface area contributed by atoms with Crippen LogP contribution in [0.25, 0.3) is 0 Å². The van der Waals surface area contributed by atoms with Crippen molar-refractivity contribution in [2.45, 2.75) is 26.4 Å². The molecule has 0 fully saturated rings. The lowest BCUT2D eigenvalue weighted by molar-refractivity contribution is -0.116. The fourth-order valence-electron chi connectivity index (χ4n) is 0.697. The van der Waals surface area contributed by atoms with Crippen LogP contribution in [0.5, 0.6) is 0 Å². The number of hydrogen-bond acceptors (Lipinski definition) is 3. The topological polar surface area (TPSA) is 37.3 Å². The van der Waals surface area contributed by atoms with E-state index in [0.717, 1.165) is 0 Å². The molecular weight excluding hydrogens is 148 g/mol. The summed E-state index contributed by atoms with van der Waals surface area (Å²) in [6.45, 7) is 3.63. The number of thioether (sulfide) groups is 1. The molecule has 0 amide bonds. The van der Waals surface area contributed by atoms with Gasteiger partial charge in [-0.05, 0) is 12.7 Å². The Morgan fingerprint density at radius 2 is 2.20 bits per heavy atom. The maximum absolute atomic E-state index is 10.9. The molecule has 3 heteroatoms. The first kappa shape index (κ1) is 9.98. The Morgan fingerprint density at radius 1 is 1.70 bits per heavy atom. The first-order valence-electron chi connectivity index (χ1n) is 3.39. The number of carbonyl (C=O) groups excluding carboxylic acids is 1. The minimum Gasteiger partial charge on any atom is -0.392 e. The Balaban J connectivity index is 3.81. The number of hydrogen-bond donors (Lipinski definition) is 1. The molecule has 0 rings (SSSR count). The molecule has 0 aromatic rings. The average molecular weight is 162 g/mol. The van der Waals surface area contributed by atoms with E-state index in [1.165, 1.54) is 11.8 Å². The molecule has 0 bridgehead atoms. The second-order valence-corrected chi connectivity index (χ2v) is 3.10. The van der Waals surface area contributed by atoms with E-state index in [9.17, 15) is 9.90 Å². The van der Waals surface area contributed by atoms with Crippen molar-refractivity contribution in [2.75, 3.05) is 6.26 Å². The second-order valence-electron chi connectivity index (χ2n) is 2.29. The molecule has 0 radical (unpaired) electrons. The highest BCUT2D eigenvalue weighted by atomic mass is 32.2. The third kappa shape index (κ3) is 2.71. The Morgan fingerprint density at radius 3 is 2.50 bits per heavy atom. The highest BCUT2D eigenvalue weighted by Crippen LogP contribution is 2.13. The van der Waals surface area contributed by atoms with Gasteiger partial charge in [0.15, 0.2) is 5.12 Å². The monoisotopic (exact) mass is 162 g/mol. The van der Waals surface area contributed by atoms with Crippen molar-refractivity contribution in [1.29, 1.82) is 0 Å². The normalized spacial score (nSPS) is 16.4. The van der Waals surface area contributed by atoms with Crippen molar-refractivity contribution in [3.63, 3.8) is 0 Å². The van der Waals surface area contributed by atoms with Crippen LogP contribution < -0.4 is 0 Å². The minimum absolute atomic E-state index is 0.0642. The van der Waals surface area contributed by atoms with Crippen molar-refractivity contribution >= 4 is 16.9 Å². The maximum Gasteiger partial charge on any atom is 0.194 e. The van der Waals surface area contributed by atoms with Crippen LogP contribution in [0.4, 0.5) is 0 Å². The van der Waals surface area contributed by atoms with Gasteiger partial charge in [0.1, 0.15) is 0 Å². The van der Waals surface area contributed by atoms with E-state index in [1.807, 2.05) is 6.92 Å². The molecule has 0 saturated heterocycles. The molecule has 0 aliphatic carbocycles. The summed E-state index contributed by atoms with van der Waals surface area (Å²) in [7, 11) is 0. The summed E-state index contributed by atoms with van der Waals surface area (Å²) in [6.07, 6.45) is 1.91. The number of aliphatic hydroxyl groups excluding tert-OH is 1. The van der Waals surface area contributed by atoms with Crippen LogP contribution >= 0.6 is 11.8 Å². The Kier molecular flexibility index (Phi) is 4.73. The van der Waals surface area contributed by atoms with Gasteiger partial charge in [-0.25, -0.2) is 0 Å². The predicted molar refractivity (Wildman–Crippen MR) is 44.0 cm³/mol. The summed E-state index contributed by atoms with van der Waals surface area (Å²) in [5, 5.41) is 9.26. The van der Waals surface area contributed by atoms with Gasteiger partial charge >= 0.3 is 0 Å². The van der Waals surface area contributed by atoms with E-state index in [1.54, 1.807) is 13.2 Å². The van der Waals surface area contributed by atoms with Gasteiger partial charge in [-0.1, -0.05) is 25.6 Å². The lowest BCUT2D eigenvalue weighted by Gasteiger charge is -2.13. The SMILES string of the molecule is CC[C@@H](O)[C@@H](C)C(=O)SC. The zero-order chi connectivity index (χ0) is 8.15. The van der Waals surface area contributed by atoms with Gasteiger partial charge < -0.3 is 5.11 Å². The number of carbonyl (C=O) groups is 1. The van der Waals surface area contributed by atoms with Crippen LogP contribution in [0, 0.1) is 5.92 Å². The smallest absolute Gasteiger partial charge is 0.194 e. The van der Waals surface area contributed by atoms with Gasteiger partial charge in [0.2, 0.25) is 0 Å². The lowest BCUT2D eigenvalue weighted by Crippen LogP contribution is -2.22. The van der Waals surface area contributed by atoms with E-state index in [4.69, 9.17) is 0 Å². The summed E-state index contributed by atoms with van der Waals surface area (Å²) < 4.78 is 0. The number of aliphatic hydroxyl groups is 1. The molecule has 10 heavy (non-hydrogen) atoms. The van der Waals surface area contributed by atoms with Crippen molar-refractivity contribution in [2.24, 2.45) is 5.92 Å². The van der Waals surface area contributed by atoms with Crippen molar-refractivity contribution in [3.8, 4) is 0 Å². The predicted octanol–water partition coefficient (Wildman–Crippen LogP) is 1.28. The van der Waals surface area contributed by atoms with Gasteiger partial charge in [-0.15, -0.1) is 0 Å². The summed E-state index contributed by atoms with van der Waals surface area (Å²) in [4.78, 5) is 10.9. The van der Waals surface area contributed by atoms with Crippen LogP contribution in [0.3, 0.4) is 0 Å². The van der Waals surface area contributed by atoms with Crippen LogP contribution in [-0.4, -0.2) is 22.6 Å². The maximum atomic E-state index is 10.9. The van der Waals surface area contributed by atoms with E-state index in [0.29, 0.717) is 6.42 Å². The van der Waals surface area contributed by atoms with Crippen molar-refractivity contribution in [1.82, 2.24) is 0 Å².